The van der Waals surface area contributed by atoms with Gasteiger partial charge in [0.15, 0.2) is 5.65 Å². The number of benzene rings is 1. The summed E-state index contributed by atoms with van der Waals surface area (Å²) >= 11 is 0. The molecule has 6 heteroatoms. The standard InChI is InChI=1S/C18H18N4O2/c1-2-3-9-14(21-18(23)24)13-10-15-17(19-11-13)22-16(20-15)12-7-5-4-6-8-12/h3-11,14,21H,2H2,1H3,(H,23,24)(H,19,20,22)/b9-3+. The predicted octanol–water partition coefficient (Wildman–Crippen LogP) is 3.90. The van der Waals surface area contributed by atoms with Crippen LogP contribution in [0.15, 0.2) is 54.7 Å². The van der Waals surface area contributed by atoms with Crippen molar-refractivity contribution in [2.75, 3.05) is 0 Å². The van der Waals surface area contributed by atoms with Crippen LogP contribution in [0.2, 0.25) is 0 Å². The third-order valence-corrected chi connectivity index (χ3v) is 3.61. The third kappa shape index (κ3) is 3.43. The van der Waals surface area contributed by atoms with E-state index >= 15 is 0 Å². The third-order valence-electron chi connectivity index (χ3n) is 3.61. The van der Waals surface area contributed by atoms with Crippen LogP contribution in [0.4, 0.5) is 4.79 Å². The molecule has 0 aliphatic carbocycles. The number of H-pyrrole nitrogens is 1. The molecule has 0 bridgehead atoms. The van der Waals surface area contributed by atoms with Gasteiger partial charge in [-0.3, -0.25) is 0 Å². The Kier molecular flexibility index (Phi) is 4.56. The summed E-state index contributed by atoms with van der Waals surface area (Å²) in [5.74, 6) is 0.738. The number of allylic oxidation sites excluding steroid dienone is 1. The van der Waals surface area contributed by atoms with Crippen LogP contribution in [0.1, 0.15) is 24.9 Å². The van der Waals surface area contributed by atoms with Crippen LogP contribution in [-0.4, -0.2) is 26.2 Å². The molecule has 1 atom stereocenters. The maximum atomic E-state index is 11.0. The van der Waals surface area contributed by atoms with Gasteiger partial charge in [0.2, 0.25) is 0 Å². The SMILES string of the molecule is CC/C=C/C(NC(=O)O)c1cnc2nc(-c3ccccc3)[nH]c2c1. The van der Waals surface area contributed by atoms with Crippen molar-refractivity contribution < 1.29 is 9.90 Å². The molecule has 0 fully saturated rings. The molecule has 0 radical (unpaired) electrons. The Bertz CT molecular complexity index is 871. The Morgan fingerprint density at radius 2 is 2.17 bits per heavy atom. The van der Waals surface area contributed by atoms with Crippen molar-refractivity contribution in [1.29, 1.82) is 0 Å². The second-order valence-electron chi connectivity index (χ2n) is 5.35. The fraction of sp³-hybridized carbons (Fsp3) is 0.167. The second-order valence-corrected chi connectivity index (χ2v) is 5.35. The van der Waals surface area contributed by atoms with E-state index in [-0.39, 0.29) is 0 Å². The van der Waals surface area contributed by atoms with Crippen LogP contribution in [0.3, 0.4) is 0 Å². The summed E-state index contributed by atoms with van der Waals surface area (Å²) in [6, 6.07) is 11.2. The largest absolute Gasteiger partial charge is 0.465 e. The van der Waals surface area contributed by atoms with Crippen LogP contribution < -0.4 is 5.32 Å². The molecule has 0 aliphatic heterocycles. The molecule has 1 unspecified atom stereocenters. The number of aromatic nitrogens is 3. The monoisotopic (exact) mass is 322 g/mol. The zero-order valence-corrected chi connectivity index (χ0v) is 13.2. The smallest absolute Gasteiger partial charge is 0.405 e. The summed E-state index contributed by atoms with van der Waals surface area (Å²) in [4.78, 5) is 23.1. The van der Waals surface area contributed by atoms with Crippen LogP contribution in [0.25, 0.3) is 22.6 Å². The van der Waals surface area contributed by atoms with E-state index in [0.717, 1.165) is 28.9 Å². The molecule has 0 aliphatic rings. The normalized spacial score (nSPS) is 12.5. The maximum absolute atomic E-state index is 11.0. The van der Waals surface area contributed by atoms with E-state index in [1.807, 2.05) is 55.5 Å². The summed E-state index contributed by atoms with van der Waals surface area (Å²) in [5.41, 5.74) is 3.11. The average Bonchev–Trinajstić information content (AvgIpc) is 3.02. The first-order chi connectivity index (χ1) is 11.7. The molecule has 6 nitrogen and oxygen atoms in total. The first kappa shape index (κ1) is 15.7. The van der Waals surface area contributed by atoms with Crippen molar-refractivity contribution in [3.05, 3.63) is 60.3 Å². The summed E-state index contributed by atoms with van der Waals surface area (Å²) in [5, 5.41) is 11.5. The highest BCUT2D eigenvalue weighted by atomic mass is 16.4. The number of aromatic amines is 1. The number of amides is 1. The van der Waals surface area contributed by atoms with Gasteiger partial charge in [0, 0.05) is 11.8 Å². The topological polar surface area (TPSA) is 90.9 Å². The Labute approximate surface area is 139 Å². The van der Waals surface area contributed by atoms with Crippen molar-refractivity contribution in [3.8, 4) is 11.4 Å². The van der Waals surface area contributed by atoms with Gasteiger partial charge in [-0.15, -0.1) is 0 Å². The number of carbonyl (C=O) groups is 1. The molecule has 0 saturated carbocycles. The number of fused-ring (bicyclic) bond motifs is 1. The van der Waals surface area contributed by atoms with E-state index in [9.17, 15) is 4.79 Å². The highest BCUT2D eigenvalue weighted by Gasteiger charge is 2.13. The molecule has 2 aromatic heterocycles. The lowest BCUT2D eigenvalue weighted by Crippen LogP contribution is -2.25. The van der Waals surface area contributed by atoms with Crippen LogP contribution in [-0.2, 0) is 0 Å². The number of nitrogens with zero attached hydrogens (tertiary/aromatic N) is 2. The van der Waals surface area contributed by atoms with Gasteiger partial charge in [-0.2, -0.15) is 0 Å². The molecular formula is C18H18N4O2. The van der Waals surface area contributed by atoms with Crippen LogP contribution in [0, 0.1) is 0 Å². The zero-order valence-electron chi connectivity index (χ0n) is 13.2. The highest BCUT2D eigenvalue weighted by Crippen LogP contribution is 2.22. The fourth-order valence-corrected chi connectivity index (χ4v) is 2.47. The minimum absolute atomic E-state index is 0.442. The van der Waals surface area contributed by atoms with Crippen molar-refractivity contribution in [1.82, 2.24) is 20.3 Å². The molecule has 3 N–H and O–H groups in total. The predicted molar refractivity (Wildman–Crippen MR) is 92.7 cm³/mol. The van der Waals surface area contributed by atoms with Crippen molar-refractivity contribution in [2.45, 2.75) is 19.4 Å². The molecule has 24 heavy (non-hydrogen) atoms. The van der Waals surface area contributed by atoms with Gasteiger partial charge in [-0.05, 0) is 18.1 Å². The maximum Gasteiger partial charge on any atom is 0.405 e. The molecule has 0 saturated heterocycles. The number of pyridine rings is 1. The lowest BCUT2D eigenvalue weighted by atomic mass is 10.1. The lowest BCUT2D eigenvalue weighted by Gasteiger charge is -2.12. The first-order valence-electron chi connectivity index (χ1n) is 7.74. The van der Waals surface area contributed by atoms with E-state index in [2.05, 4.69) is 20.3 Å². The minimum Gasteiger partial charge on any atom is -0.465 e. The molecule has 1 aromatic carbocycles. The zero-order chi connectivity index (χ0) is 16.9. The van der Waals surface area contributed by atoms with Gasteiger partial charge >= 0.3 is 6.09 Å². The number of nitrogens with one attached hydrogen (secondary N) is 2. The molecule has 0 spiro atoms. The molecule has 3 rings (SSSR count). The Morgan fingerprint density at radius 1 is 1.38 bits per heavy atom. The van der Waals surface area contributed by atoms with Gasteiger partial charge in [0.05, 0.1) is 11.6 Å². The second kappa shape index (κ2) is 6.95. The summed E-state index contributed by atoms with van der Waals surface area (Å²) in [7, 11) is 0. The number of hydrogen-bond acceptors (Lipinski definition) is 3. The average molecular weight is 322 g/mol. The van der Waals surface area contributed by atoms with Crippen molar-refractivity contribution in [2.24, 2.45) is 0 Å². The Balaban J connectivity index is 1.97. The van der Waals surface area contributed by atoms with E-state index in [4.69, 9.17) is 5.11 Å². The molecule has 2 heterocycles. The van der Waals surface area contributed by atoms with Gasteiger partial charge in [0.1, 0.15) is 5.82 Å². The molecular weight excluding hydrogens is 304 g/mol. The van der Waals surface area contributed by atoms with Gasteiger partial charge < -0.3 is 15.4 Å². The number of imidazole rings is 1. The van der Waals surface area contributed by atoms with E-state index < -0.39 is 12.1 Å². The minimum atomic E-state index is -1.07. The molecule has 3 aromatic rings. The van der Waals surface area contributed by atoms with Gasteiger partial charge in [0.25, 0.3) is 0 Å². The summed E-state index contributed by atoms with van der Waals surface area (Å²) in [6.07, 6.45) is 5.16. The van der Waals surface area contributed by atoms with Gasteiger partial charge in [-0.1, -0.05) is 49.4 Å². The number of carboxylic acid groups (broad SMARTS) is 1. The van der Waals surface area contributed by atoms with E-state index in [1.54, 1.807) is 6.20 Å². The summed E-state index contributed by atoms with van der Waals surface area (Å²) < 4.78 is 0. The Hall–Kier alpha value is -3.15. The van der Waals surface area contributed by atoms with Crippen molar-refractivity contribution in [3.63, 3.8) is 0 Å². The highest BCUT2D eigenvalue weighted by molar-refractivity contribution is 5.76. The Morgan fingerprint density at radius 3 is 2.88 bits per heavy atom. The quantitative estimate of drug-likeness (QED) is 0.621. The molecule has 1 amide bonds. The first-order valence-corrected chi connectivity index (χ1v) is 7.74. The molecule has 122 valence electrons. The van der Waals surface area contributed by atoms with Crippen molar-refractivity contribution >= 4 is 17.3 Å². The van der Waals surface area contributed by atoms with Crippen LogP contribution >= 0.6 is 0 Å². The lowest BCUT2D eigenvalue weighted by molar-refractivity contribution is 0.192. The van der Waals surface area contributed by atoms with Gasteiger partial charge in [-0.25, -0.2) is 14.8 Å². The van der Waals surface area contributed by atoms with E-state index in [1.165, 1.54) is 0 Å². The summed E-state index contributed by atoms with van der Waals surface area (Å²) in [6.45, 7) is 2.00. The van der Waals surface area contributed by atoms with Crippen LogP contribution in [0.5, 0.6) is 0 Å². The number of hydrogen-bond donors (Lipinski definition) is 3. The van der Waals surface area contributed by atoms with E-state index in [0.29, 0.717) is 5.65 Å². The fourth-order valence-electron chi connectivity index (χ4n) is 2.47. The number of rotatable bonds is 5.